The predicted molar refractivity (Wildman–Crippen MR) is 127 cm³/mol. The van der Waals surface area contributed by atoms with E-state index in [4.69, 9.17) is 9.47 Å². The lowest BCUT2D eigenvalue weighted by atomic mass is 9.91. The molecule has 7 nitrogen and oxygen atoms in total. The lowest BCUT2D eigenvalue weighted by Crippen LogP contribution is -2.39. The van der Waals surface area contributed by atoms with Crippen LogP contribution in [0.3, 0.4) is 0 Å². The van der Waals surface area contributed by atoms with Gasteiger partial charge in [-0.05, 0) is 81.3 Å². The fourth-order valence-corrected chi connectivity index (χ4v) is 5.37. The van der Waals surface area contributed by atoms with Crippen LogP contribution in [-0.2, 0) is 17.7 Å². The lowest BCUT2D eigenvalue weighted by Gasteiger charge is -2.24. The highest BCUT2D eigenvalue weighted by atomic mass is 16.5. The summed E-state index contributed by atoms with van der Waals surface area (Å²) in [6.07, 6.45) is 4.74. The fourth-order valence-electron chi connectivity index (χ4n) is 5.37. The third-order valence-corrected chi connectivity index (χ3v) is 7.06. The van der Waals surface area contributed by atoms with Gasteiger partial charge in [0.25, 0.3) is 11.5 Å². The number of carbonyl (C=O) groups is 1. The van der Waals surface area contributed by atoms with E-state index >= 15 is 0 Å². The van der Waals surface area contributed by atoms with E-state index in [1.165, 1.54) is 5.56 Å². The van der Waals surface area contributed by atoms with Crippen molar-refractivity contribution < 1.29 is 14.3 Å². The summed E-state index contributed by atoms with van der Waals surface area (Å²) in [6.45, 7) is 4.97. The number of H-pyrrole nitrogens is 1. The summed E-state index contributed by atoms with van der Waals surface area (Å²) in [7, 11) is 1.67. The molecule has 2 atom stereocenters. The summed E-state index contributed by atoms with van der Waals surface area (Å²) in [6, 6.07) is 7.75. The monoisotopic (exact) mass is 449 g/mol. The van der Waals surface area contributed by atoms with Crippen LogP contribution < -0.4 is 15.6 Å². The second kappa shape index (κ2) is 8.71. The third kappa shape index (κ3) is 3.95. The highest BCUT2D eigenvalue weighted by Crippen LogP contribution is 2.36. The van der Waals surface area contributed by atoms with Gasteiger partial charge < -0.3 is 24.3 Å². The largest absolute Gasteiger partial charge is 0.497 e. The fraction of sp³-hybridized carbons (Fsp3) is 0.462. The van der Waals surface area contributed by atoms with Crippen LogP contribution in [0, 0.1) is 13.8 Å². The van der Waals surface area contributed by atoms with Gasteiger partial charge in [0.1, 0.15) is 11.3 Å². The van der Waals surface area contributed by atoms with Crippen LogP contribution in [0.2, 0.25) is 0 Å². The summed E-state index contributed by atoms with van der Waals surface area (Å²) < 4.78 is 12.8. The summed E-state index contributed by atoms with van der Waals surface area (Å²) in [5.41, 5.74) is 4.83. The Morgan fingerprint density at radius 2 is 2.09 bits per heavy atom. The van der Waals surface area contributed by atoms with Crippen molar-refractivity contribution in [2.24, 2.45) is 0 Å². The van der Waals surface area contributed by atoms with Gasteiger partial charge in [0, 0.05) is 28.9 Å². The minimum atomic E-state index is -0.312. The zero-order valence-electron chi connectivity index (χ0n) is 19.5. The zero-order chi connectivity index (χ0) is 23.1. The second-order valence-corrected chi connectivity index (χ2v) is 9.24. The standard InChI is InChI=1S/C26H31N3O4/c1-15-12-16(2)29(14-18-6-5-11-33-18)26(31)23(15)25(30)28-22-8-4-7-19-20-13-17(32-3)9-10-21(20)27-24(19)22/h9-10,12-13,18,22,27H,4-8,11,14H2,1-3H3,(H,28,30)/t18-,22-/m1/s1. The van der Waals surface area contributed by atoms with Crippen LogP contribution in [0.4, 0.5) is 0 Å². The number of hydrogen-bond donors (Lipinski definition) is 2. The maximum Gasteiger partial charge on any atom is 0.263 e. The minimum Gasteiger partial charge on any atom is -0.497 e. The molecule has 3 heterocycles. The molecule has 2 N–H and O–H groups in total. The van der Waals surface area contributed by atoms with E-state index in [9.17, 15) is 9.59 Å². The van der Waals surface area contributed by atoms with E-state index in [-0.39, 0.29) is 29.2 Å². The van der Waals surface area contributed by atoms with E-state index in [2.05, 4.69) is 10.3 Å². The molecule has 0 bridgehead atoms. The number of amides is 1. The Labute approximate surface area is 193 Å². The molecule has 2 aromatic heterocycles. The molecule has 33 heavy (non-hydrogen) atoms. The molecule has 5 rings (SSSR count). The van der Waals surface area contributed by atoms with Crippen LogP contribution in [0.5, 0.6) is 5.75 Å². The quantitative estimate of drug-likeness (QED) is 0.618. The molecule has 0 spiro atoms. The number of aromatic amines is 1. The summed E-state index contributed by atoms with van der Waals surface area (Å²) in [5, 5.41) is 4.29. The first-order valence-corrected chi connectivity index (χ1v) is 11.8. The number of nitrogens with one attached hydrogen (secondary N) is 2. The van der Waals surface area contributed by atoms with Crippen LogP contribution in [0.15, 0.2) is 29.1 Å². The molecule has 1 aliphatic carbocycles. The smallest absolute Gasteiger partial charge is 0.263 e. The molecule has 1 saturated heterocycles. The van der Waals surface area contributed by atoms with Gasteiger partial charge >= 0.3 is 0 Å². The van der Waals surface area contributed by atoms with Gasteiger partial charge in [0.05, 0.1) is 25.8 Å². The first kappa shape index (κ1) is 21.8. The van der Waals surface area contributed by atoms with Crippen molar-refractivity contribution >= 4 is 16.8 Å². The molecule has 0 unspecified atom stereocenters. The number of ether oxygens (including phenoxy) is 2. The summed E-state index contributed by atoms with van der Waals surface area (Å²) in [5.74, 6) is 0.505. The number of carbonyl (C=O) groups excluding carboxylic acids is 1. The minimum absolute atomic E-state index is 0.0317. The Balaban J connectivity index is 1.45. The third-order valence-electron chi connectivity index (χ3n) is 7.06. The number of methoxy groups -OCH3 is 1. The van der Waals surface area contributed by atoms with Gasteiger partial charge in [-0.1, -0.05) is 0 Å². The number of benzene rings is 1. The number of aromatic nitrogens is 2. The van der Waals surface area contributed by atoms with Gasteiger partial charge in [-0.15, -0.1) is 0 Å². The van der Waals surface area contributed by atoms with Crippen molar-refractivity contribution in [3.8, 4) is 5.75 Å². The molecule has 0 saturated carbocycles. The number of aryl methyl sites for hydroxylation is 3. The molecule has 3 aromatic rings. The Bertz CT molecular complexity index is 1270. The normalized spacial score (nSPS) is 20.1. The SMILES string of the molecule is COc1ccc2[nH]c3c(c2c1)CCC[C@H]3NC(=O)c1c(C)cc(C)n(C[C@H]2CCCO2)c1=O. The van der Waals surface area contributed by atoms with Gasteiger partial charge in [-0.3, -0.25) is 9.59 Å². The van der Waals surface area contributed by atoms with E-state index in [1.54, 1.807) is 11.7 Å². The van der Waals surface area contributed by atoms with Gasteiger partial charge in [-0.2, -0.15) is 0 Å². The van der Waals surface area contributed by atoms with Crippen LogP contribution in [0.25, 0.3) is 10.9 Å². The average Bonchev–Trinajstić information content (AvgIpc) is 3.44. The molecular weight excluding hydrogens is 418 g/mol. The first-order valence-electron chi connectivity index (χ1n) is 11.8. The highest BCUT2D eigenvalue weighted by Gasteiger charge is 2.28. The zero-order valence-corrected chi connectivity index (χ0v) is 19.5. The molecule has 1 fully saturated rings. The Kier molecular flexibility index (Phi) is 5.74. The number of rotatable bonds is 5. The molecule has 2 aliphatic rings. The van der Waals surface area contributed by atoms with Crippen molar-refractivity contribution in [3.63, 3.8) is 0 Å². The molecule has 1 aromatic carbocycles. The van der Waals surface area contributed by atoms with Gasteiger partial charge in [0.2, 0.25) is 0 Å². The maximum atomic E-state index is 13.4. The van der Waals surface area contributed by atoms with E-state index in [0.717, 1.165) is 66.8 Å². The van der Waals surface area contributed by atoms with Crippen molar-refractivity contribution in [3.05, 3.63) is 62.7 Å². The summed E-state index contributed by atoms with van der Waals surface area (Å²) >= 11 is 0. The highest BCUT2D eigenvalue weighted by molar-refractivity contribution is 5.96. The van der Waals surface area contributed by atoms with E-state index in [1.807, 2.05) is 38.1 Å². The molecule has 1 aliphatic heterocycles. The van der Waals surface area contributed by atoms with Gasteiger partial charge in [-0.25, -0.2) is 0 Å². The maximum absolute atomic E-state index is 13.4. The predicted octanol–water partition coefficient (Wildman–Crippen LogP) is 3.94. The number of fused-ring (bicyclic) bond motifs is 3. The van der Waals surface area contributed by atoms with Crippen LogP contribution >= 0.6 is 0 Å². The molecular formula is C26H31N3O4. The average molecular weight is 450 g/mol. The van der Waals surface area contributed by atoms with Crippen molar-refractivity contribution in [2.75, 3.05) is 13.7 Å². The first-order chi connectivity index (χ1) is 16.0. The van der Waals surface area contributed by atoms with Crippen molar-refractivity contribution in [1.29, 1.82) is 0 Å². The number of hydrogen-bond acceptors (Lipinski definition) is 4. The molecule has 0 radical (unpaired) electrons. The van der Waals surface area contributed by atoms with E-state index < -0.39 is 0 Å². The van der Waals surface area contributed by atoms with Gasteiger partial charge in [0.15, 0.2) is 0 Å². The molecule has 1 amide bonds. The van der Waals surface area contributed by atoms with Crippen LogP contribution in [-0.4, -0.2) is 35.3 Å². The number of nitrogens with zero attached hydrogens (tertiary/aromatic N) is 1. The van der Waals surface area contributed by atoms with E-state index in [0.29, 0.717) is 12.1 Å². The number of pyridine rings is 1. The summed E-state index contributed by atoms with van der Waals surface area (Å²) in [4.78, 5) is 30.3. The molecule has 7 heteroatoms. The Hall–Kier alpha value is -3.06. The second-order valence-electron chi connectivity index (χ2n) is 9.24. The van der Waals surface area contributed by atoms with Crippen molar-refractivity contribution in [2.45, 2.75) is 64.6 Å². The Morgan fingerprint density at radius 1 is 1.24 bits per heavy atom. The topological polar surface area (TPSA) is 85.3 Å². The molecule has 174 valence electrons. The van der Waals surface area contributed by atoms with Crippen LogP contribution in [0.1, 0.15) is 64.6 Å². The lowest BCUT2D eigenvalue weighted by molar-refractivity contribution is 0.0913. The van der Waals surface area contributed by atoms with Crippen molar-refractivity contribution in [1.82, 2.24) is 14.9 Å². The Morgan fingerprint density at radius 3 is 2.85 bits per heavy atom.